The molecule has 0 N–H and O–H groups in total. The molecule has 3 nitrogen and oxygen atoms in total. The van der Waals surface area contributed by atoms with Crippen molar-refractivity contribution in [1.29, 1.82) is 0 Å². The van der Waals surface area contributed by atoms with E-state index in [2.05, 4.69) is 96.1 Å². The Labute approximate surface area is 433 Å². The van der Waals surface area contributed by atoms with Gasteiger partial charge < -0.3 is 15.0 Å². The topological polar surface area (TPSA) is 38.7 Å². The average molecular weight is 1080 g/mol. The first-order valence-electron chi connectivity index (χ1n) is 26.8. The summed E-state index contributed by atoms with van der Waals surface area (Å²) < 4.78 is 66.3. The van der Waals surface area contributed by atoms with Crippen molar-refractivity contribution >= 4 is 0 Å². The molecule has 69 heavy (non-hydrogen) atoms. The van der Waals surface area contributed by atoms with Crippen molar-refractivity contribution in [1.82, 2.24) is 15.0 Å². The van der Waals surface area contributed by atoms with Crippen molar-refractivity contribution in [3.05, 3.63) is 245 Å². The van der Waals surface area contributed by atoms with E-state index in [9.17, 15) is 5.48 Å². The third-order valence-corrected chi connectivity index (χ3v) is 13.6. The molecule has 3 aromatic heterocycles. The van der Waals surface area contributed by atoms with E-state index in [1.165, 1.54) is 12.3 Å². The van der Waals surface area contributed by atoms with E-state index in [0.29, 0.717) is 24.1 Å². The van der Waals surface area contributed by atoms with Crippen molar-refractivity contribution < 1.29 is 29.7 Å². The number of pyridine rings is 3. The molecule has 0 unspecified atom stereocenters. The number of nitrogens with zero attached hydrogens (tertiary/aromatic N) is 3. The number of benzene rings is 6. The second-order valence-electron chi connectivity index (χ2n) is 19.8. The maximum Gasteiger partial charge on any atom is 3.00 e. The van der Waals surface area contributed by atoms with Crippen LogP contribution in [0.15, 0.2) is 176 Å². The maximum absolute atomic E-state index is 10.1. The van der Waals surface area contributed by atoms with E-state index >= 15 is 0 Å². The van der Waals surface area contributed by atoms with Crippen molar-refractivity contribution in [3.63, 3.8) is 0 Å². The Balaban J connectivity index is 0.00000706. The van der Waals surface area contributed by atoms with Crippen LogP contribution in [0.1, 0.15) is 101 Å². The molecule has 9 aromatic rings. The summed E-state index contributed by atoms with van der Waals surface area (Å²) in [6.45, 7) is 10.3. The molecule has 342 valence electrons. The van der Waals surface area contributed by atoms with Crippen molar-refractivity contribution in [3.8, 4) is 56.0 Å². The zero-order chi connectivity index (χ0) is 53.1. The first-order valence-corrected chi connectivity index (χ1v) is 23.3. The number of hydrogen-bond donors (Lipinski definition) is 0. The van der Waals surface area contributed by atoms with Gasteiger partial charge in [0.15, 0.2) is 0 Å². The molecule has 4 heteroatoms. The van der Waals surface area contributed by atoms with Crippen LogP contribution in [-0.4, -0.2) is 15.0 Å². The molecule has 0 spiro atoms. The van der Waals surface area contributed by atoms with Gasteiger partial charge in [0.25, 0.3) is 0 Å². The first-order chi connectivity index (χ1) is 35.6. The largest absolute Gasteiger partial charge is 3.00 e. The molecule has 0 bridgehead atoms. The molecule has 1 aliphatic rings. The fraction of sp³-hybridized carbons (Fsp3) is 0.215. The number of fused-ring (bicyclic) bond motifs is 3. The monoisotopic (exact) mass is 1080 g/mol. The molecule has 0 amide bonds. The Hall–Kier alpha value is -6.58. The smallest absolute Gasteiger partial charge is 0.304 e. The molecule has 0 radical (unpaired) electrons. The molecule has 6 aromatic carbocycles. The fourth-order valence-corrected chi connectivity index (χ4v) is 10.0. The summed E-state index contributed by atoms with van der Waals surface area (Å²) in [4.78, 5) is 14.6. The SMILES string of the molecule is [2H]C([2H])([2H])c1ccccc1-c1cc(-c2[c-]ccc3c2C(C)(C)c2ccccc2-3)ncc1C([2H])([2H])C([2H])([2H])c1cc(CC(C)(C)c2ccc(-c3[c-]cccc3)nc2)cc(CC(C)(C)c2ccc(-c3[c-]cccc3)nc2)c1.[Ir+3]. The summed E-state index contributed by atoms with van der Waals surface area (Å²) in [5.74, 6) is 0. The van der Waals surface area contributed by atoms with Gasteiger partial charge >= 0.3 is 20.1 Å². The molecule has 0 fully saturated rings. The number of aryl methyl sites for hydroxylation is 3. The standard InChI is InChI=1S/C65H58N3.Ir/c1-44-19-14-15-24-53(44)57-38-61(56-27-18-26-55-54-25-16-17-28-58(54)65(6,7)62(55)56)66-41-50(57)30-29-45-35-46(39-63(2,3)51-31-33-59(67-42-51)48-20-10-8-11-21-48)37-47(36-45)40-64(4,5)52-32-34-60(68-43-52)49-22-12-9-13-23-49;/h8-20,22,24-26,28,31-38,41-43H,29-30,39-40H2,1-7H3;/q-3;+3/i1D3,29D2,30D2;. The molecular formula is C65H58IrN3. The van der Waals surface area contributed by atoms with Crippen molar-refractivity contribution in [2.75, 3.05) is 0 Å². The molecule has 0 saturated heterocycles. The van der Waals surface area contributed by atoms with Crippen LogP contribution in [0.2, 0.25) is 0 Å². The van der Waals surface area contributed by atoms with Crippen molar-refractivity contribution in [2.24, 2.45) is 0 Å². The second-order valence-corrected chi connectivity index (χ2v) is 19.8. The van der Waals surface area contributed by atoms with Gasteiger partial charge in [0.1, 0.15) is 0 Å². The first kappa shape index (κ1) is 39.3. The van der Waals surface area contributed by atoms with E-state index < -0.39 is 35.8 Å². The van der Waals surface area contributed by atoms with Crippen LogP contribution in [-0.2, 0) is 61.9 Å². The van der Waals surface area contributed by atoms with Crippen molar-refractivity contribution in [2.45, 2.75) is 90.2 Å². The Kier molecular flexibility index (Phi) is 11.1. The second kappa shape index (κ2) is 19.4. The predicted octanol–water partition coefficient (Wildman–Crippen LogP) is 15.4. The minimum atomic E-state index is -2.77. The molecule has 0 aliphatic heterocycles. The van der Waals surface area contributed by atoms with Crippen LogP contribution in [0.5, 0.6) is 0 Å². The van der Waals surface area contributed by atoms with Gasteiger partial charge in [0.2, 0.25) is 0 Å². The summed E-state index contributed by atoms with van der Waals surface area (Å²) in [5, 5.41) is 0. The zero-order valence-corrected chi connectivity index (χ0v) is 42.2. The third kappa shape index (κ3) is 9.71. The summed E-state index contributed by atoms with van der Waals surface area (Å²) in [5.41, 5.74) is 11.8. The Morgan fingerprint density at radius 2 is 1.09 bits per heavy atom. The molecule has 3 heterocycles. The fourth-order valence-electron chi connectivity index (χ4n) is 10.0. The van der Waals surface area contributed by atoms with Crippen LogP contribution >= 0.6 is 0 Å². The molecule has 0 saturated carbocycles. The van der Waals surface area contributed by atoms with Crippen LogP contribution in [0, 0.1) is 25.1 Å². The summed E-state index contributed by atoms with van der Waals surface area (Å²) in [6, 6.07) is 59.9. The van der Waals surface area contributed by atoms with Gasteiger partial charge in [-0.2, -0.15) is 0 Å². The van der Waals surface area contributed by atoms with E-state index in [4.69, 9.17) is 19.1 Å². The third-order valence-electron chi connectivity index (χ3n) is 13.6. The summed E-state index contributed by atoms with van der Waals surface area (Å²) >= 11 is 0. The normalized spacial score (nSPS) is 14.9. The minimum absolute atomic E-state index is 0. The van der Waals surface area contributed by atoms with Crippen LogP contribution < -0.4 is 0 Å². The van der Waals surface area contributed by atoms with Gasteiger partial charge in [0, 0.05) is 28.2 Å². The maximum atomic E-state index is 10.1. The Morgan fingerprint density at radius 3 is 1.67 bits per heavy atom. The molecule has 10 rings (SSSR count). The summed E-state index contributed by atoms with van der Waals surface area (Å²) in [7, 11) is 0. The zero-order valence-electron chi connectivity index (χ0n) is 46.8. The van der Waals surface area contributed by atoms with E-state index in [1.807, 2.05) is 91.3 Å². The summed E-state index contributed by atoms with van der Waals surface area (Å²) in [6.07, 6.45) is 0.712. The van der Waals surface area contributed by atoms with Gasteiger partial charge in [-0.25, -0.2) is 0 Å². The van der Waals surface area contributed by atoms with Crippen LogP contribution in [0.4, 0.5) is 0 Å². The average Bonchev–Trinajstić information content (AvgIpc) is 3.69. The van der Waals surface area contributed by atoms with E-state index in [1.54, 1.807) is 36.4 Å². The molecule has 1 aliphatic carbocycles. The number of hydrogen-bond acceptors (Lipinski definition) is 3. The van der Waals surface area contributed by atoms with Gasteiger partial charge in [-0.05, 0) is 127 Å². The van der Waals surface area contributed by atoms with Crippen LogP contribution in [0.25, 0.3) is 56.0 Å². The minimum Gasteiger partial charge on any atom is -0.304 e. The van der Waals surface area contributed by atoms with E-state index in [0.717, 1.165) is 67.0 Å². The quantitative estimate of drug-likeness (QED) is 0.108. The van der Waals surface area contributed by atoms with E-state index in [-0.39, 0.29) is 47.9 Å². The van der Waals surface area contributed by atoms with Gasteiger partial charge in [-0.3, -0.25) is 0 Å². The van der Waals surface area contributed by atoms with Gasteiger partial charge in [0.05, 0.1) is 0 Å². The van der Waals surface area contributed by atoms with Crippen LogP contribution in [0.3, 0.4) is 0 Å². The Morgan fingerprint density at radius 1 is 0.522 bits per heavy atom. The number of rotatable bonds is 13. The molecular weight excluding hydrogens is 1010 g/mol. The Bertz CT molecular complexity index is 3440. The molecule has 0 atom stereocenters. The van der Waals surface area contributed by atoms with Gasteiger partial charge in [-0.1, -0.05) is 144 Å². The number of aromatic nitrogens is 3. The predicted molar refractivity (Wildman–Crippen MR) is 281 cm³/mol. The van der Waals surface area contributed by atoms with Gasteiger partial charge in [-0.15, -0.1) is 101 Å².